The summed E-state index contributed by atoms with van der Waals surface area (Å²) in [6.45, 7) is 13.2. The number of anilines is 1. The molecule has 6 rings (SSSR count). The van der Waals surface area contributed by atoms with Crippen molar-refractivity contribution in [2.45, 2.75) is 150 Å². The zero-order valence-electron chi connectivity index (χ0n) is 38.3. The average molecular weight is 853 g/mol. The zero-order chi connectivity index (χ0) is 44.3. The monoisotopic (exact) mass is 853 g/mol. The Morgan fingerprint density at radius 3 is 2.31 bits per heavy atom. The number of carbonyl (C=O) groups excluding carboxylic acids is 4. The first-order chi connectivity index (χ1) is 29.8. The Balaban J connectivity index is 0.889. The molecule has 0 saturated heterocycles. The van der Waals surface area contributed by atoms with Crippen LogP contribution in [-0.4, -0.2) is 60.6 Å². The topological polar surface area (TPSA) is 146 Å². The highest BCUT2D eigenvalue weighted by molar-refractivity contribution is 5.96. The predicted octanol–water partition coefficient (Wildman–Crippen LogP) is 8.67. The second-order valence-electron chi connectivity index (χ2n) is 20.2. The van der Waals surface area contributed by atoms with Crippen LogP contribution in [0.2, 0.25) is 0 Å². The molecule has 10 heteroatoms. The third-order valence-corrected chi connectivity index (χ3v) is 15.6. The molecular formula is C52H76N4O6. The molecule has 0 bridgehead atoms. The highest BCUT2D eigenvalue weighted by Crippen LogP contribution is 2.67. The second kappa shape index (κ2) is 22.1. The Labute approximate surface area is 371 Å². The Morgan fingerprint density at radius 2 is 1.56 bits per heavy atom. The normalized spacial score (nSPS) is 27.5. The molecule has 0 spiro atoms. The zero-order valence-corrected chi connectivity index (χ0v) is 38.3. The van der Waals surface area contributed by atoms with Gasteiger partial charge in [0.25, 0.3) is 0 Å². The van der Waals surface area contributed by atoms with Crippen LogP contribution in [0.15, 0.2) is 66.2 Å². The van der Waals surface area contributed by atoms with E-state index in [1.807, 2.05) is 30.3 Å². The van der Waals surface area contributed by atoms with Crippen LogP contribution >= 0.6 is 0 Å². The SMILES string of the molecule is CC(C)CCC[C@@H](C)[C@H]1CC[C@H]2[C@@H]3CC=C4C[C@@H](OCCCNC(=O)CCC(=O)N[C@@H](Cc5ccccc5)C(=O)NCC(=O)Nc5ccc(CO)cc5)CC[C@]4(C)[C@H]3CC[C@]12C. The number of hydrogen-bond donors (Lipinski definition) is 5. The summed E-state index contributed by atoms with van der Waals surface area (Å²) in [6.07, 6.45) is 18.0. The van der Waals surface area contributed by atoms with Gasteiger partial charge < -0.3 is 31.1 Å². The highest BCUT2D eigenvalue weighted by Gasteiger charge is 2.59. The van der Waals surface area contributed by atoms with Gasteiger partial charge in [0.15, 0.2) is 0 Å². The van der Waals surface area contributed by atoms with E-state index in [1.165, 1.54) is 57.8 Å². The van der Waals surface area contributed by atoms with Gasteiger partial charge >= 0.3 is 0 Å². The van der Waals surface area contributed by atoms with Crippen molar-refractivity contribution in [3.8, 4) is 0 Å². The van der Waals surface area contributed by atoms with Gasteiger partial charge in [-0.3, -0.25) is 19.2 Å². The molecule has 10 nitrogen and oxygen atoms in total. The lowest BCUT2D eigenvalue weighted by Crippen LogP contribution is -2.51. The predicted molar refractivity (Wildman–Crippen MR) is 246 cm³/mol. The molecule has 0 aliphatic heterocycles. The number of benzene rings is 2. The van der Waals surface area contributed by atoms with Crippen molar-refractivity contribution in [2.24, 2.45) is 46.3 Å². The maximum Gasteiger partial charge on any atom is 0.243 e. The third kappa shape index (κ3) is 12.2. The molecule has 9 atom stereocenters. The summed E-state index contributed by atoms with van der Waals surface area (Å²) in [5.41, 5.74) is 4.54. The quantitative estimate of drug-likeness (QED) is 0.0628. The van der Waals surface area contributed by atoms with E-state index in [0.29, 0.717) is 36.1 Å². The van der Waals surface area contributed by atoms with Crippen LogP contribution in [0, 0.1) is 46.3 Å². The van der Waals surface area contributed by atoms with Crippen molar-refractivity contribution in [2.75, 3.05) is 25.0 Å². The van der Waals surface area contributed by atoms with Gasteiger partial charge in [0, 0.05) is 38.1 Å². The van der Waals surface area contributed by atoms with E-state index in [9.17, 15) is 24.3 Å². The van der Waals surface area contributed by atoms with Crippen molar-refractivity contribution in [1.82, 2.24) is 16.0 Å². The van der Waals surface area contributed by atoms with Crippen molar-refractivity contribution in [3.63, 3.8) is 0 Å². The summed E-state index contributed by atoms with van der Waals surface area (Å²) in [5, 5.41) is 20.3. The molecule has 3 saturated carbocycles. The number of fused-ring (bicyclic) bond motifs is 5. The van der Waals surface area contributed by atoms with Crippen LogP contribution in [0.5, 0.6) is 0 Å². The molecule has 0 heterocycles. The van der Waals surface area contributed by atoms with Gasteiger partial charge in [-0.05, 0) is 127 Å². The molecule has 4 amide bonds. The molecular weight excluding hydrogens is 777 g/mol. The smallest absolute Gasteiger partial charge is 0.243 e. The third-order valence-electron chi connectivity index (χ3n) is 15.6. The molecule has 4 aliphatic rings. The Kier molecular flexibility index (Phi) is 16.9. The maximum absolute atomic E-state index is 13.2. The van der Waals surface area contributed by atoms with Crippen LogP contribution in [0.4, 0.5) is 5.69 Å². The molecule has 3 fully saturated rings. The van der Waals surface area contributed by atoms with E-state index in [1.54, 1.807) is 29.8 Å². The van der Waals surface area contributed by atoms with E-state index in [2.05, 4.69) is 62.0 Å². The van der Waals surface area contributed by atoms with E-state index < -0.39 is 23.8 Å². The molecule has 2 aromatic carbocycles. The Bertz CT molecular complexity index is 1830. The van der Waals surface area contributed by atoms with Crippen LogP contribution in [0.1, 0.15) is 136 Å². The molecule has 2 aromatic rings. The van der Waals surface area contributed by atoms with Crippen molar-refractivity contribution >= 4 is 29.3 Å². The van der Waals surface area contributed by atoms with Gasteiger partial charge in [0.05, 0.1) is 19.3 Å². The number of rotatable bonds is 21. The Hall–Kier alpha value is -4.02. The lowest BCUT2D eigenvalue weighted by atomic mass is 9.47. The number of ether oxygens (including phenoxy) is 1. The van der Waals surface area contributed by atoms with Gasteiger partial charge in [-0.15, -0.1) is 0 Å². The summed E-state index contributed by atoms with van der Waals surface area (Å²) < 4.78 is 6.43. The summed E-state index contributed by atoms with van der Waals surface area (Å²) in [5.74, 6) is 3.44. The van der Waals surface area contributed by atoms with Crippen molar-refractivity contribution in [1.29, 1.82) is 0 Å². The van der Waals surface area contributed by atoms with Crippen LogP contribution < -0.4 is 21.3 Å². The minimum absolute atomic E-state index is 0.000639. The lowest BCUT2D eigenvalue weighted by Gasteiger charge is -2.58. The number of aliphatic hydroxyl groups excluding tert-OH is 1. The van der Waals surface area contributed by atoms with Gasteiger partial charge in [-0.2, -0.15) is 0 Å². The standard InChI is InChI=1S/C52H76N4O6/c1-35(2)11-9-12-36(3)43-21-22-44-42-20-17-39-32-41(25-27-51(39,4)45(42)26-28-52(43,44)5)62-30-10-29-53-47(58)23-24-48(59)56-46(31-37-13-7-6-8-14-37)50(61)54-33-49(60)55-40-18-15-38(34-57)16-19-40/h6-8,13-19,35-36,41-46,57H,9-12,20-34H2,1-5H3,(H,53,58)(H,54,61)(H,55,60)(H,56,59)/t36-,41+,42+,43-,44+,45+,46+,51+,52-/m1/s1. The molecule has 340 valence electrons. The molecule has 0 unspecified atom stereocenters. The van der Waals surface area contributed by atoms with Gasteiger partial charge in [-0.25, -0.2) is 0 Å². The minimum Gasteiger partial charge on any atom is -0.392 e. The molecule has 0 aromatic heterocycles. The molecule has 62 heavy (non-hydrogen) atoms. The summed E-state index contributed by atoms with van der Waals surface area (Å²) in [4.78, 5) is 51.5. The fourth-order valence-electron chi connectivity index (χ4n) is 12.2. The van der Waals surface area contributed by atoms with Crippen LogP contribution in [-0.2, 0) is 36.9 Å². The number of carbonyl (C=O) groups is 4. The summed E-state index contributed by atoms with van der Waals surface area (Å²) in [7, 11) is 0. The van der Waals surface area contributed by atoms with E-state index in [4.69, 9.17) is 4.74 Å². The number of nitrogens with one attached hydrogen (secondary N) is 4. The highest BCUT2D eigenvalue weighted by atomic mass is 16.5. The maximum atomic E-state index is 13.2. The fraction of sp³-hybridized carbons (Fsp3) is 0.654. The number of aliphatic hydroxyl groups is 1. The number of allylic oxidation sites excluding steroid dienone is 1. The lowest BCUT2D eigenvalue weighted by molar-refractivity contribution is -0.130. The molecule has 0 radical (unpaired) electrons. The van der Waals surface area contributed by atoms with Crippen molar-refractivity contribution < 1.29 is 29.0 Å². The van der Waals surface area contributed by atoms with Gasteiger partial charge in [-0.1, -0.05) is 108 Å². The minimum atomic E-state index is -0.929. The van der Waals surface area contributed by atoms with Gasteiger partial charge in [0.2, 0.25) is 23.6 Å². The number of hydrogen-bond acceptors (Lipinski definition) is 6. The molecule has 5 N–H and O–H groups in total. The van der Waals surface area contributed by atoms with E-state index >= 15 is 0 Å². The van der Waals surface area contributed by atoms with E-state index in [0.717, 1.165) is 59.5 Å². The Morgan fingerprint density at radius 1 is 0.806 bits per heavy atom. The summed E-state index contributed by atoms with van der Waals surface area (Å²) >= 11 is 0. The van der Waals surface area contributed by atoms with E-state index in [-0.39, 0.29) is 44.4 Å². The van der Waals surface area contributed by atoms with Crippen LogP contribution in [0.25, 0.3) is 0 Å². The van der Waals surface area contributed by atoms with Crippen molar-refractivity contribution in [3.05, 3.63) is 77.4 Å². The first kappa shape index (κ1) is 47.5. The molecule has 4 aliphatic carbocycles. The van der Waals surface area contributed by atoms with Gasteiger partial charge in [0.1, 0.15) is 6.04 Å². The average Bonchev–Trinajstić information content (AvgIpc) is 3.62. The first-order valence-corrected chi connectivity index (χ1v) is 24.0. The fourth-order valence-corrected chi connectivity index (χ4v) is 12.2. The summed E-state index contributed by atoms with van der Waals surface area (Å²) in [6, 6.07) is 15.1. The number of amides is 4. The first-order valence-electron chi connectivity index (χ1n) is 24.0. The largest absolute Gasteiger partial charge is 0.392 e. The second-order valence-corrected chi connectivity index (χ2v) is 20.2. The van der Waals surface area contributed by atoms with Crippen LogP contribution in [0.3, 0.4) is 0 Å².